The number of anilines is 1. The molecule has 2 amide bonds. The van der Waals surface area contributed by atoms with Crippen LogP contribution >= 0.6 is 0 Å². The number of para-hydroxylation sites is 1. The summed E-state index contributed by atoms with van der Waals surface area (Å²) in [5, 5.41) is 2.92. The first-order valence-corrected chi connectivity index (χ1v) is 8.54. The summed E-state index contributed by atoms with van der Waals surface area (Å²) in [5.74, 6) is 0.192. The van der Waals surface area contributed by atoms with E-state index >= 15 is 0 Å². The van der Waals surface area contributed by atoms with Crippen LogP contribution in [0.2, 0.25) is 0 Å². The van der Waals surface area contributed by atoms with Gasteiger partial charge in [0.1, 0.15) is 0 Å². The zero-order chi connectivity index (χ0) is 16.9. The predicted octanol–water partition coefficient (Wildman–Crippen LogP) is 1.19. The van der Waals surface area contributed by atoms with Gasteiger partial charge in [-0.1, -0.05) is 18.2 Å². The van der Waals surface area contributed by atoms with Gasteiger partial charge in [-0.3, -0.25) is 14.5 Å². The fourth-order valence-corrected chi connectivity index (χ4v) is 3.67. The highest BCUT2D eigenvalue weighted by Gasteiger charge is 2.40. The van der Waals surface area contributed by atoms with Crippen molar-refractivity contribution in [3.8, 4) is 0 Å². The molecular weight excluding hydrogens is 306 g/mol. The van der Waals surface area contributed by atoms with Crippen LogP contribution in [0.25, 0.3) is 0 Å². The van der Waals surface area contributed by atoms with Gasteiger partial charge in [0.15, 0.2) is 0 Å². The van der Waals surface area contributed by atoms with E-state index in [4.69, 9.17) is 4.74 Å². The van der Waals surface area contributed by atoms with Gasteiger partial charge in [-0.15, -0.1) is 0 Å². The summed E-state index contributed by atoms with van der Waals surface area (Å²) in [6.07, 6.45) is 1.93. The summed E-state index contributed by atoms with van der Waals surface area (Å²) >= 11 is 0. The fraction of sp³-hybridized carbons (Fsp3) is 0.556. The number of amides is 2. The average Bonchev–Trinajstić information content (AvgIpc) is 2.84. The second-order valence-electron chi connectivity index (χ2n) is 6.56. The van der Waals surface area contributed by atoms with Crippen molar-refractivity contribution in [3.63, 3.8) is 0 Å². The summed E-state index contributed by atoms with van der Waals surface area (Å²) in [6.45, 7) is 2.95. The molecule has 6 heteroatoms. The van der Waals surface area contributed by atoms with Crippen LogP contribution in [0.5, 0.6) is 0 Å². The number of ether oxygens (including phenoxy) is 1. The molecule has 0 aliphatic carbocycles. The molecule has 3 heterocycles. The fourth-order valence-electron chi connectivity index (χ4n) is 3.67. The molecule has 0 spiro atoms. The lowest BCUT2D eigenvalue weighted by Crippen LogP contribution is -2.49. The molecule has 6 nitrogen and oxygen atoms in total. The van der Waals surface area contributed by atoms with Crippen molar-refractivity contribution in [2.45, 2.75) is 18.9 Å². The van der Waals surface area contributed by atoms with Crippen molar-refractivity contribution in [2.24, 2.45) is 5.92 Å². The maximum Gasteiger partial charge on any atom is 0.238 e. The predicted molar refractivity (Wildman–Crippen MR) is 91.6 cm³/mol. The molecule has 1 aromatic rings. The first kappa shape index (κ1) is 16.9. The third-order valence-electron chi connectivity index (χ3n) is 4.83. The van der Waals surface area contributed by atoms with Crippen molar-refractivity contribution in [1.29, 1.82) is 0 Å². The summed E-state index contributed by atoms with van der Waals surface area (Å²) in [7, 11) is 1.65. The topological polar surface area (TPSA) is 61.9 Å². The molecule has 2 bridgehead atoms. The summed E-state index contributed by atoms with van der Waals surface area (Å²) < 4.78 is 5.13. The molecule has 0 radical (unpaired) electrons. The van der Waals surface area contributed by atoms with Crippen LogP contribution in [0.3, 0.4) is 0 Å². The minimum Gasteiger partial charge on any atom is -0.383 e. The van der Waals surface area contributed by atoms with Crippen molar-refractivity contribution >= 4 is 17.5 Å². The molecule has 3 fully saturated rings. The maximum atomic E-state index is 12.6. The van der Waals surface area contributed by atoms with Gasteiger partial charge in [0.25, 0.3) is 0 Å². The Hall–Kier alpha value is -1.92. The highest BCUT2D eigenvalue weighted by atomic mass is 16.5. The molecule has 1 aromatic carbocycles. The van der Waals surface area contributed by atoms with E-state index in [2.05, 4.69) is 10.2 Å². The number of hydrogen-bond acceptors (Lipinski definition) is 4. The number of methoxy groups -OCH3 is 1. The van der Waals surface area contributed by atoms with Crippen LogP contribution in [0.15, 0.2) is 30.3 Å². The average molecular weight is 331 g/mol. The van der Waals surface area contributed by atoms with Gasteiger partial charge in [0.2, 0.25) is 11.8 Å². The van der Waals surface area contributed by atoms with Crippen LogP contribution in [0, 0.1) is 5.92 Å². The molecule has 3 aliphatic heterocycles. The van der Waals surface area contributed by atoms with Crippen LogP contribution in [0.4, 0.5) is 5.69 Å². The second kappa shape index (κ2) is 7.77. The van der Waals surface area contributed by atoms with E-state index in [1.54, 1.807) is 7.11 Å². The van der Waals surface area contributed by atoms with Gasteiger partial charge < -0.3 is 15.0 Å². The number of rotatable bonds is 6. The Balaban J connectivity index is 1.60. The van der Waals surface area contributed by atoms with Crippen LogP contribution in [-0.2, 0) is 14.3 Å². The Bertz CT molecular complexity index is 578. The molecule has 0 saturated carbocycles. The van der Waals surface area contributed by atoms with E-state index < -0.39 is 0 Å². The summed E-state index contributed by atoms with van der Waals surface area (Å²) in [5.41, 5.74) is 0.804. The number of nitrogens with one attached hydrogen (secondary N) is 1. The van der Waals surface area contributed by atoms with Crippen molar-refractivity contribution < 1.29 is 14.3 Å². The maximum absolute atomic E-state index is 12.6. The standard InChI is InChI=1S/C18H25N3O3/c1-24-10-9-21-16-8-7-14(18(21)23)11-20(12-16)13-17(22)19-15-5-3-2-4-6-15/h2-6,14,16H,7-13H2,1H3,(H,19,22)/t14-,16+/m1/s1. The SMILES string of the molecule is COCCN1C(=O)[C@@H]2CC[C@H]1CN(CC(=O)Nc1ccccc1)C2. The van der Waals surface area contributed by atoms with Crippen molar-refractivity contribution in [1.82, 2.24) is 9.80 Å². The molecule has 2 atom stereocenters. The van der Waals surface area contributed by atoms with Gasteiger partial charge in [-0.2, -0.15) is 0 Å². The largest absolute Gasteiger partial charge is 0.383 e. The molecule has 3 aliphatic rings. The third-order valence-corrected chi connectivity index (χ3v) is 4.83. The van der Waals surface area contributed by atoms with Gasteiger partial charge in [0.05, 0.1) is 19.1 Å². The molecular formula is C18H25N3O3. The number of hydrogen-bond donors (Lipinski definition) is 1. The Morgan fingerprint density at radius 2 is 2.04 bits per heavy atom. The van der Waals surface area contributed by atoms with E-state index in [1.165, 1.54) is 0 Å². The molecule has 24 heavy (non-hydrogen) atoms. The zero-order valence-corrected chi connectivity index (χ0v) is 14.1. The van der Waals surface area contributed by atoms with Gasteiger partial charge in [0, 0.05) is 38.5 Å². The Morgan fingerprint density at radius 3 is 2.79 bits per heavy atom. The highest BCUT2D eigenvalue weighted by Crippen LogP contribution is 2.28. The van der Waals surface area contributed by atoms with Gasteiger partial charge in [-0.25, -0.2) is 0 Å². The Kier molecular flexibility index (Phi) is 5.48. The molecule has 0 aromatic heterocycles. The lowest BCUT2D eigenvalue weighted by atomic mass is 9.94. The Morgan fingerprint density at radius 1 is 1.25 bits per heavy atom. The number of piperidine rings is 1. The normalized spacial score (nSPS) is 24.0. The Labute approximate surface area is 142 Å². The van der Waals surface area contributed by atoms with Gasteiger partial charge in [-0.05, 0) is 25.0 Å². The summed E-state index contributed by atoms with van der Waals surface area (Å²) in [6, 6.07) is 9.65. The highest BCUT2D eigenvalue weighted by molar-refractivity contribution is 5.92. The van der Waals surface area contributed by atoms with E-state index in [-0.39, 0.29) is 23.8 Å². The number of nitrogens with zero attached hydrogens (tertiary/aromatic N) is 2. The van der Waals surface area contributed by atoms with Gasteiger partial charge >= 0.3 is 0 Å². The monoisotopic (exact) mass is 331 g/mol. The smallest absolute Gasteiger partial charge is 0.238 e. The van der Waals surface area contributed by atoms with Crippen LogP contribution < -0.4 is 5.32 Å². The van der Waals surface area contributed by atoms with Crippen molar-refractivity contribution in [3.05, 3.63) is 30.3 Å². The quantitative estimate of drug-likeness (QED) is 0.851. The van der Waals surface area contributed by atoms with E-state index in [1.807, 2.05) is 35.2 Å². The van der Waals surface area contributed by atoms with Crippen LogP contribution in [0.1, 0.15) is 12.8 Å². The number of benzene rings is 1. The molecule has 0 unspecified atom stereocenters. The molecule has 3 saturated heterocycles. The number of carbonyl (C=O) groups excluding carboxylic acids is 2. The minimum atomic E-state index is -0.0293. The lowest BCUT2D eigenvalue weighted by molar-refractivity contribution is -0.140. The third kappa shape index (κ3) is 3.94. The second-order valence-corrected chi connectivity index (χ2v) is 6.56. The summed E-state index contributed by atoms with van der Waals surface area (Å²) in [4.78, 5) is 28.9. The minimum absolute atomic E-state index is 0.00475. The molecule has 1 N–H and O–H groups in total. The molecule has 130 valence electrons. The van der Waals surface area contributed by atoms with E-state index in [9.17, 15) is 9.59 Å². The first-order valence-electron chi connectivity index (χ1n) is 8.54. The lowest BCUT2D eigenvalue weighted by Gasteiger charge is -2.35. The van der Waals surface area contributed by atoms with E-state index in [0.717, 1.165) is 25.1 Å². The first-order chi connectivity index (χ1) is 11.7. The van der Waals surface area contributed by atoms with Crippen molar-refractivity contribution in [2.75, 3.05) is 45.2 Å². The number of fused-ring (bicyclic) bond motifs is 4. The zero-order valence-electron chi connectivity index (χ0n) is 14.1. The molecule has 4 rings (SSSR count). The van der Waals surface area contributed by atoms with E-state index in [0.29, 0.717) is 26.2 Å². The number of carbonyl (C=O) groups is 2. The van der Waals surface area contributed by atoms with Crippen LogP contribution in [-0.4, -0.2) is 67.6 Å².